The maximum Gasteiger partial charge on any atom is 0.333 e. The summed E-state index contributed by atoms with van der Waals surface area (Å²) in [4.78, 5) is 12.8. The smallest absolute Gasteiger partial charge is 0.333 e. The van der Waals surface area contributed by atoms with Crippen LogP contribution in [0.4, 0.5) is 10.5 Å². The van der Waals surface area contributed by atoms with Gasteiger partial charge in [0.2, 0.25) is 5.09 Å². The Morgan fingerprint density at radius 3 is 2.55 bits per heavy atom. The minimum Gasteiger partial charge on any atom is -0.451 e. The van der Waals surface area contributed by atoms with Crippen molar-refractivity contribution < 1.29 is 22.7 Å². The van der Waals surface area contributed by atoms with Gasteiger partial charge in [-0.05, 0) is 74.5 Å². The number of hydrogen-bond acceptors (Lipinski definition) is 5. The number of sulfonamides is 1. The molecule has 2 amide bonds. The molecular formula is C22H29BN2O5S. The van der Waals surface area contributed by atoms with Crippen LogP contribution in [0.5, 0.6) is 0 Å². The van der Waals surface area contributed by atoms with E-state index >= 15 is 0 Å². The molecule has 2 aromatic rings. The number of urea groups is 1. The van der Waals surface area contributed by atoms with E-state index in [1.54, 1.807) is 0 Å². The molecule has 1 saturated carbocycles. The molecule has 3 N–H and O–H groups in total. The predicted octanol–water partition coefficient (Wildman–Crippen LogP) is 2.28. The van der Waals surface area contributed by atoms with E-state index in [0.29, 0.717) is 17.4 Å². The van der Waals surface area contributed by atoms with E-state index in [9.17, 15) is 18.3 Å². The normalized spacial score (nSPS) is 17.3. The van der Waals surface area contributed by atoms with Crippen LogP contribution in [0.2, 0.25) is 0 Å². The van der Waals surface area contributed by atoms with E-state index in [-0.39, 0.29) is 0 Å². The molecular weight excluding hydrogens is 415 g/mol. The number of hydrogen-bond donors (Lipinski definition) is 3. The molecule has 1 aromatic heterocycles. The third kappa shape index (κ3) is 4.39. The fourth-order valence-corrected chi connectivity index (χ4v) is 5.32. The lowest BCUT2D eigenvalue weighted by atomic mass is 9.82. The summed E-state index contributed by atoms with van der Waals surface area (Å²) < 4.78 is 32.5. The molecule has 9 heteroatoms. The Kier molecular flexibility index (Phi) is 5.46. The van der Waals surface area contributed by atoms with Gasteiger partial charge in [0.25, 0.3) is 10.0 Å². The summed E-state index contributed by atoms with van der Waals surface area (Å²) in [5, 5.41) is 12.5. The first-order chi connectivity index (χ1) is 14.5. The van der Waals surface area contributed by atoms with Crippen molar-refractivity contribution in [1.82, 2.24) is 4.72 Å². The molecule has 31 heavy (non-hydrogen) atoms. The molecule has 0 aliphatic heterocycles. The van der Waals surface area contributed by atoms with Gasteiger partial charge in [-0.15, -0.1) is 0 Å². The van der Waals surface area contributed by atoms with Crippen LogP contribution in [0.1, 0.15) is 68.2 Å². The molecule has 1 atom stereocenters. The van der Waals surface area contributed by atoms with Gasteiger partial charge in [0, 0.05) is 17.3 Å². The maximum atomic E-state index is 12.8. The lowest BCUT2D eigenvalue weighted by molar-refractivity contribution is 0.0779. The molecule has 7 nitrogen and oxygen atoms in total. The number of benzene rings is 1. The van der Waals surface area contributed by atoms with Crippen LogP contribution < -0.4 is 15.5 Å². The van der Waals surface area contributed by atoms with E-state index in [1.807, 2.05) is 4.72 Å². The molecule has 0 unspecified atom stereocenters. The lowest BCUT2D eigenvalue weighted by Crippen LogP contribution is -2.35. The number of carbonyl (C=O) groups excluding carboxylic acids is 1. The van der Waals surface area contributed by atoms with Crippen LogP contribution in [-0.2, 0) is 28.5 Å². The highest BCUT2D eigenvalue weighted by Crippen LogP contribution is 2.46. The van der Waals surface area contributed by atoms with Crippen molar-refractivity contribution in [3.05, 3.63) is 40.6 Å². The van der Waals surface area contributed by atoms with Crippen molar-refractivity contribution in [2.75, 3.05) is 5.32 Å². The highest BCUT2D eigenvalue weighted by atomic mass is 32.2. The molecule has 2 aliphatic carbocycles. The Bertz CT molecular complexity index is 1130. The molecule has 4 rings (SSSR count). The van der Waals surface area contributed by atoms with Crippen LogP contribution in [0.3, 0.4) is 0 Å². The first-order valence-corrected chi connectivity index (χ1v) is 12.3. The van der Waals surface area contributed by atoms with Gasteiger partial charge >= 0.3 is 6.03 Å². The number of anilines is 1. The first kappa shape index (κ1) is 22.0. The molecule has 166 valence electrons. The highest BCUT2D eigenvalue weighted by Gasteiger charge is 2.33. The van der Waals surface area contributed by atoms with Crippen LogP contribution in [-0.4, -0.2) is 27.4 Å². The second-order valence-corrected chi connectivity index (χ2v) is 11.0. The average molecular weight is 444 g/mol. The lowest BCUT2D eigenvalue weighted by Gasteiger charge is -2.22. The highest BCUT2D eigenvalue weighted by molar-refractivity contribution is 7.89. The van der Waals surface area contributed by atoms with Gasteiger partial charge < -0.3 is 14.8 Å². The maximum absolute atomic E-state index is 12.8. The summed E-state index contributed by atoms with van der Waals surface area (Å²) in [5.41, 5.74) is 4.50. The SMILES string of the molecule is Bc1cc([C@@H](C)C2CC2)c(NC(=O)NS(=O)(=O)c2cc(C(C)(C)O)co2)c2c1CCC2. The molecule has 1 fully saturated rings. The van der Waals surface area contributed by atoms with Gasteiger partial charge in [-0.25, -0.2) is 9.52 Å². The zero-order chi connectivity index (χ0) is 22.6. The second-order valence-electron chi connectivity index (χ2n) is 9.37. The number of amides is 2. The van der Waals surface area contributed by atoms with Crippen LogP contribution >= 0.6 is 0 Å². The number of aliphatic hydroxyl groups is 1. The van der Waals surface area contributed by atoms with Gasteiger partial charge in [-0.3, -0.25) is 0 Å². The molecule has 0 bridgehead atoms. The number of nitrogens with one attached hydrogen (secondary N) is 2. The third-order valence-corrected chi connectivity index (χ3v) is 7.69. The van der Waals surface area contributed by atoms with Crippen molar-refractivity contribution in [2.24, 2.45) is 5.92 Å². The van der Waals surface area contributed by atoms with E-state index in [1.165, 1.54) is 50.0 Å². The monoisotopic (exact) mass is 444 g/mol. The van der Waals surface area contributed by atoms with Crippen LogP contribution in [0.25, 0.3) is 0 Å². The largest absolute Gasteiger partial charge is 0.451 e. The first-order valence-electron chi connectivity index (χ1n) is 10.8. The summed E-state index contributed by atoms with van der Waals surface area (Å²) in [6.07, 6.45) is 6.41. The zero-order valence-electron chi connectivity index (χ0n) is 18.4. The van der Waals surface area contributed by atoms with Crippen molar-refractivity contribution in [2.45, 2.75) is 69.5 Å². The summed E-state index contributed by atoms with van der Waals surface area (Å²) >= 11 is 0. The summed E-state index contributed by atoms with van der Waals surface area (Å²) in [7, 11) is -2.11. The van der Waals surface area contributed by atoms with E-state index in [0.717, 1.165) is 36.1 Å². The van der Waals surface area contributed by atoms with Gasteiger partial charge in [0.05, 0.1) is 11.9 Å². The van der Waals surface area contributed by atoms with Gasteiger partial charge in [-0.1, -0.05) is 18.5 Å². The number of rotatable bonds is 6. The van der Waals surface area contributed by atoms with Gasteiger partial charge in [0.15, 0.2) is 0 Å². The van der Waals surface area contributed by atoms with E-state index < -0.39 is 26.7 Å². The second kappa shape index (κ2) is 7.71. The standard InChI is InChI=1S/C22H29BN2O5S/c1-12(13-7-8-13)17-10-18(23)15-5-4-6-16(15)20(17)24-21(26)25-31(28,29)19-9-14(11-30-19)22(2,3)27/h9-13,27H,4-8,23H2,1-3H3,(H2,24,25,26)/t12-/m0/s1. The van der Waals surface area contributed by atoms with Crippen LogP contribution in [0, 0.1) is 5.92 Å². The Morgan fingerprint density at radius 2 is 1.94 bits per heavy atom. The minimum atomic E-state index is -4.22. The fraction of sp³-hybridized carbons (Fsp3) is 0.500. The minimum absolute atomic E-state index is 0.302. The van der Waals surface area contributed by atoms with Gasteiger partial charge in [0.1, 0.15) is 7.85 Å². The van der Waals surface area contributed by atoms with Crippen molar-refractivity contribution in [3.8, 4) is 0 Å². The van der Waals surface area contributed by atoms with Crippen LogP contribution in [0.15, 0.2) is 27.9 Å². The quantitative estimate of drug-likeness (QED) is 0.593. The van der Waals surface area contributed by atoms with E-state index in [2.05, 4.69) is 26.2 Å². The molecule has 1 heterocycles. The summed E-state index contributed by atoms with van der Waals surface area (Å²) in [5.74, 6) is 0.908. The third-order valence-electron chi connectivity index (χ3n) is 6.49. The van der Waals surface area contributed by atoms with E-state index in [4.69, 9.17) is 4.42 Å². The fourth-order valence-electron chi connectivity index (χ4n) is 4.47. The molecule has 0 saturated heterocycles. The number of carbonyl (C=O) groups is 1. The Balaban J connectivity index is 1.60. The Labute approximate surface area is 184 Å². The van der Waals surface area contributed by atoms with Crippen molar-refractivity contribution in [1.29, 1.82) is 0 Å². The summed E-state index contributed by atoms with van der Waals surface area (Å²) in [6, 6.07) is 2.56. The topological polar surface area (TPSA) is 109 Å². The number of fused-ring (bicyclic) bond motifs is 1. The Morgan fingerprint density at radius 1 is 1.26 bits per heavy atom. The molecule has 2 aliphatic rings. The van der Waals surface area contributed by atoms with Crippen molar-refractivity contribution in [3.63, 3.8) is 0 Å². The van der Waals surface area contributed by atoms with Crippen molar-refractivity contribution >= 4 is 35.1 Å². The predicted molar refractivity (Wildman–Crippen MR) is 121 cm³/mol. The molecule has 1 aromatic carbocycles. The molecule has 0 radical (unpaired) electrons. The Hall–Kier alpha value is -2.26. The van der Waals surface area contributed by atoms with Gasteiger partial charge in [-0.2, -0.15) is 8.42 Å². The zero-order valence-corrected chi connectivity index (χ0v) is 19.2. The number of furan rings is 1. The molecule has 0 spiro atoms. The average Bonchev–Trinajstić information content (AvgIpc) is 3.17. The summed E-state index contributed by atoms with van der Waals surface area (Å²) in [6.45, 7) is 5.22.